The Morgan fingerprint density at radius 2 is 2.00 bits per heavy atom. The number of anilines is 1. The van der Waals surface area contributed by atoms with Gasteiger partial charge in [-0.3, -0.25) is 4.79 Å². The minimum atomic E-state index is -0.141. The number of hydrogen-bond acceptors (Lipinski definition) is 5. The highest BCUT2D eigenvalue weighted by molar-refractivity contribution is 8.18. The summed E-state index contributed by atoms with van der Waals surface area (Å²) >= 11 is 1.34. The van der Waals surface area contributed by atoms with E-state index < -0.39 is 0 Å². The van der Waals surface area contributed by atoms with Crippen LogP contribution in [0.4, 0.5) is 11.6 Å². The molecule has 26 heavy (non-hydrogen) atoms. The number of furan rings is 1. The summed E-state index contributed by atoms with van der Waals surface area (Å²) in [5, 5.41) is 3.43. The second kappa shape index (κ2) is 7.03. The Hall–Kier alpha value is -2.47. The van der Waals surface area contributed by atoms with Crippen molar-refractivity contribution in [2.45, 2.75) is 26.7 Å². The smallest absolute Gasteiger partial charge is 0.264 e. The van der Waals surface area contributed by atoms with E-state index in [1.54, 1.807) is 6.08 Å². The average Bonchev–Trinajstić information content (AvgIpc) is 3.32. The minimum Gasteiger partial charge on any atom is -0.441 e. The van der Waals surface area contributed by atoms with Crippen molar-refractivity contribution >= 4 is 40.5 Å². The molecule has 0 spiro atoms. The summed E-state index contributed by atoms with van der Waals surface area (Å²) in [5.41, 5.74) is 3.15. The highest BCUT2D eigenvalue weighted by Gasteiger charge is 2.25. The third kappa shape index (κ3) is 3.55. The van der Waals surface area contributed by atoms with E-state index in [9.17, 15) is 4.79 Å². The monoisotopic (exact) mass is 367 g/mol. The fourth-order valence-electron chi connectivity index (χ4n) is 3.18. The molecule has 3 heterocycles. The molecule has 1 aromatic heterocycles. The fourth-order valence-corrected chi connectivity index (χ4v) is 3.99. The number of carbonyl (C=O) groups is 1. The van der Waals surface area contributed by atoms with Crippen LogP contribution in [0.1, 0.15) is 29.7 Å². The van der Waals surface area contributed by atoms with E-state index in [-0.39, 0.29) is 5.91 Å². The summed E-state index contributed by atoms with van der Waals surface area (Å²) in [4.78, 5) is 19.7. The minimum absolute atomic E-state index is 0.141. The van der Waals surface area contributed by atoms with Crippen LogP contribution in [0, 0.1) is 13.8 Å². The number of aryl methyl sites for hydroxylation is 2. The molecule has 6 heteroatoms. The SMILES string of the molecule is Cc1ccc(N=C2NC(=O)C(=Cc3ccc(N4CCCC4)o3)S2)c(C)c1. The Balaban J connectivity index is 1.52. The van der Waals surface area contributed by atoms with Crippen molar-refractivity contribution < 1.29 is 9.21 Å². The molecule has 0 bridgehead atoms. The quantitative estimate of drug-likeness (QED) is 0.818. The van der Waals surface area contributed by atoms with Gasteiger partial charge in [0.05, 0.1) is 10.6 Å². The van der Waals surface area contributed by atoms with Crippen LogP contribution in [0.2, 0.25) is 0 Å². The Kier molecular flexibility index (Phi) is 4.59. The highest BCUT2D eigenvalue weighted by Crippen LogP contribution is 2.31. The lowest BCUT2D eigenvalue weighted by molar-refractivity contribution is -0.115. The number of amidine groups is 1. The van der Waals surface area contributed by atoms with Gasteiger partial charge in [-0.1, -0.05) is 17.7 Å². The summed E-state index contributed by atoms with van der Waals surface area (Å²) in [6, 6.07) is 9.96. The molecule has 0 unspecified atom stereocenters. The van der Waals surface area contributed by atoms with Gasteiger partial charge in [0.2, 0.25) is 0 Å². The molecule has 0 saturated carbocycles. The van der Waals surface area contributed by atoms with Crippen LogP contribution in [0.15, 0.2) is 44.6 Å². The third-order valence-electron chi connectivity index (χ3n) is 4.53. The molecule has 0 aliphatic carbocycles. The molecule has 4 rings (SSSR count). The lowest BCUT2D eigenvalue weighted by Gasteiger charge is -2.12. The van der Waals surface area contributed by atoms with Gasteiger partial charge in [-0.2, -0.15) is 0 Å². The van der Waals surface area contributed by atoms with Crippen molar-refractivity contribution in [2.24, 2.45) is 4.99 Å². The number of aliphatic imine (C=N–C) groups is 1. The van der Waals surface area contributed by atoms with E-state index in [2.05, 4.69) is 28.2 Å². The zero-order chi connectivity index (χ0) is 18.1. The molecule has 0 radical (unpaired) electrons. The molecule has 2 aromatic rings. The molecule has 5 nitrogen and oxygen atoms in total. The first-order chi connectivity index (χ1) is 12.6. The Morgan fingerprint density at radius 1 is 1.19 bits per heavy atom. The number of benzene rings is 1. The molecule has 2 aliphatic rings. The van der Waals surface area contributed by atoms with Gasteiger partial charge >= 0.3 is 0 Å². The second-order valence-electron chi connectivity index (χ2n) is 6.64. The maximum atomic E-state index is 12.2. The van der Waals surface area contributed by atoms with E-state index in [0.29, 0.717) is 15.8 Å². The van der Waals surface area contributed by atoms with E-state index >= 15 is 0 Å². The number of rotatable bonds is 3. The van der Waals surface area contributed by atoms with Crippen LogP contribution in [-0.4, -0.2) is 24.2 Å². The van der Waals surface area contributed by atoms with Crippen LogP contribution in [-0.2, 0) is 4.79 Å². The molecule has 1 aromatic carbocycles. The number of hydrogen-bond donors (Lipinski definition) is 1. The number of nitrogens with zero attached hydrogens (tertiary/aromatic N) is 2. The molecule has 2 fully saturated rings. The third-order valence-corrected chi connectivity index (χ3v) is 5.44. The van der Waals surface area contributed by atoms with Gasteiger partial charge in [-0.15, -0.1) is 0 Å². The molecular weight excluding hydrogens is 346 g/mol. The largest absolute Gasteiger partial charge is 0.441 e. The predicted molar refractivity (Wildman–Crippen MR) is 107 cm³/mol. The normalized spacial score (nSPS) is 20.4. The van der Waals surface area contributed by atoms with Crippen molar-refractivity contribution in [1.82, 2.24) is 5.32 Å². The molecule has 2 saturated heterocycles. The zero-order valence-electron chi connectivity index (χ0n) is 14.9. The zero-order valence-corrected chi connectivity index (χ0v) is 15.7. The molecule has 2 aliphatic heterocycles. The Morgan fingerprint density at radius 3 is 2.77 bits per heavy atom. The van der Waals surface area contributed by atoms with E-state index in [1.165, 1.54) is 30.2 Å². The first-order valence-electron chi connectivity index (χ1n) is 8.80. The van der Waals surface area contributed by atoms with Crippen molar-refractivity contribution in [3.8, 4) is 0 Å². The molecule has 1 amide bonds. The maximum Gasteiger partial charge on any atom is 0.264 e. The van der Waals surface area contributed by atoms with E-state index in [1.807, 2.05) is 31.2 Å². The molecular formula is C20H21N3O2S. The summed E-state index contributed by atoms with van der Waals surface area (Å²) < 4.78 is 5.88. The number of carbonyl (C=O) groups excluding carboxylic acids is 1. The van der Waals surface area contributed by atoms with Gasteiger partial charge in [0.25, 0.3) is 5.91 Å². The van der Waals surface area contributed by atoms with Crippen LogP contribution in [0.3, 0.4) is 0 Å². The first-order valence-corrected chi connectivity index (χ1v) is 9.62. The van der Waals surface area contributed by atoms with Crippen LogP contribution in [0.5, 0.6) is 0 Å². The van der Waals surface area contributed by atoms with Gasteiger partial charge in [0.15, 0.2) is 11.1 Å². The van der Waals surface area contributed by atoms with Crippen molar-refractivity contribution in [3.63, 3.8) is 0 Å². The van der Waals surface area contributed by atoms with Crippen LogP contribution in [0.25, 0.3) is 6.08 Å². The highest BCUT2D eigenvalue weighted by atomic mass is 32.2. The maximum absolute atomic E-state index is 12.2. The molecule has 1 N–H and O–H groups in total. The lowest BCUT2D eigenvalue weighted by atomic mass is 10.1. The fraction of sp³-hybridized carbons (Fsp3) is 0.300. The first kappa shape index (κ1) is 17.0. The van der Waals surface area contributed by atoms with Crippen molar-refractivity contribution in [3.05, 3.63) is 52.1 Å². The number of thioether (sulfide) groups is 1. The van der Waals surface area contributed by atoms with Gasteiger partial charge < -0.3 is 14.6 Å². The summed E-state index contributed by atoms with van der Waals surface area (Å²) in [6.07, 6.45) is 4.19. The second-order valence-corrected chi connectivity index (χ2v) is 7.67. The van der Waals surface area contributed by atoms with Crippen molar-refractivity contribution in [1.29, 1.82) is 0 Å². The van der Waals surface area contributed by atoms with Crippen LogP contribution >= 0.6 is 11.8 Å². The van der Waals surface area contributed by atoms with Crippen molar-refractivity contribution in [2.75, 3.05) is 18.0 Å². The van der Waals surface area contributed by atoms with E-state index in [4.69, 9.17) is 4.42 Å². The lowest BCUT2D eigenvalue weighted by Crippen LogP contribution is -2.19. The summed E-state index contributed by atoms with van der Waals surface area (Å²) in [7, 11) is 0. The standard InChI is InChI=1S/C20H21N3O2S/c1-13-5-7-16(14(2)11-13)21-20-22-19(24)17(26-20)12-15-6-8-18(25-15)23-9-3-4-10-23/h5-8,11-12H,3-4,9-10H2,1-2H3,(H,21,22,24). The molecule has 0 atom stereocenters. The topological polar surface area (TPSA) is 57.8 Å². The summed E-state index contributed by atoms with van der Waals surface area (Å²) in [5.74, 6) is 1.43. The Labute approximate surface area is 157 Å². The number of amides is 1. The predicted octanol–water partition coefficient (Wildman–Crippen LogP) is 4.39. The van der Waals surface area contributed by atoms with Gasteiger partial charge in [-0.25, -0.2) is 4.99 Å². The van der Waals surface area contributed by atoms with E-state index in [0.717, 1.165) is 30.2 Å². The summed E-state index contributed by atoms with van der Waals surface area (Å²) in [6.45, 7) is 6.14. The van der Waals surface area contributed by atoms with Gasteiger partial charge in [0, 0.05) is 25.2 Å². The van der Waals surface area contributed by atoms with Gasteiger partial charge in [-0.05, 0) is 56.1 Å². The van der Waals surface area contributed by atoms with Gasteiger partial charge in [0.1, 0.15) is 5.76 Å². The van der Waals surface area contributed by atoms with Crippen LogP contribution < -0.4 is 10.2 Å². The number of nitrogens with one attached hydrogen (secondary N) is 1. The Bertz CT molecular complexity index is 908. The molecule has 134 valence electrons. The average molecular weight is 367 g/mol.